The second kappa shape index (κ2) is 11.3. The van der Waals surface area contributed by atoms with Gasteiger partial charge in [0, 0.05) is 15.5 Å². The summed E-state index contributed by atoms with van der Waals surface area (Å²) in [6, 6.07) is 28.8. The zero-order valence-corrected chi connectivity index (χ0v) is 21.5. The molecular weight excluding hydrogens is 492 g/mol. The highest BCUT2D eigenvalue weighted by molar-refractivity contribution is 7.99. The first-order valence-corrected chi connectivity index (χ1v) is 13.5. The first-order chi connectivity index (χ1) is 17.3. The van der Waals surface area contributed by atoms with E-state index in [0.717, 1.165) is 20.9 Å². The van der Waals surface area contributed by atoms with Crippen LogP contribution in [-0.2, 0) is 14.8 Å². The fourth-order valence-corrected chi connectivity index (χ4v) is 5.32. The minimum absolute atomic E-state index is 0.101. The van der Waals surface area contributed by atoms with E-state index in [1.807, 2.05) is 74.5 Å². The van der Waals surface area contributed by atoms with Crippen LogP contribution in [0.5, 0.6) is 5.75 Å². The average Bonchev–Trinajstić information content (AvgIpc) is 2.87. The van der Waals surface area contributed by atoms with Crippen LogP contribution in [0.15, 0.2) is 112 Å². The molecular formula is C28H26N2O4S2. The van der Waals surface area contributed by atoms with Gasteiger partial charge in [-0.1, -0.05) is 48.2 Å². The molecule has 4 aromatic rings. The SMILES string of the molecule is Cc1ccc(NS(=O)(=O)c2ccc(OCC(=O)Nc3ccccc3Sc3ccccc3)cc2)cc1C. The Bertz CT molecular complexity index is 1450. The third kappa shape index (κ3) is 6.68. The van der Waals surface area contributed by atoms with Crippen LogP contribution in [0.3, 0.4) is 0 Å². The van der Waals surface area contributed by atoms with E-state index >= 15 is 0 Å². The van der Waals surface area contributed by atoms with Crippen molar-refractivity contribution in [2.24, 2.45) is 0 Å². The predicted octanol–water partition coefficient (Wildman–Crippen LogP) is 6.27. The molecule has 0 aliphatic rings. The van der Waals surface area contributed by atoms with Gasteiger partial charge in [-0.15, -0.1) is 0 Å². The number of rotatable bonds is 9. The normalized spacial score (nSPS) is 11.1. The lowest BCUT2D eigenvalue weighted by molar-refractivity contribution is -0.118. The van der Waals surface area contributed by atoms with Crippen molar-refractivity contribution in [3.63, 3.8) is 0 Å². The van der Waals surface area contributed by atoms with Gasteiger partial charge >= 0.3 is 0 Å². The molecule has 2 N–H and O–H groups in total. The Balaban J connectivity index is 1.35. The third-order valence-electron chi connectivity index (χ3n) is 5.40. The molecule has 1 amide bonds. The molecule has 0 aromatic heterocycles. The first-order valence-electron chi connectivity index (χ1n) is 11.2. The molecule has 0 radical (unpaired) electrons. The highest BCUT2D eigenvalue weighted by Gasteiger charge is 2.15. The van der Waals surface area contributed by atoms with Crippen LogP contribution in [0.1, 0.15) is 11.1 Å². The Morgan fingerprint density at radius 1 is 0.833 bits per heavy atom. The summed E-state index contributed by atoms with van der Waals surface area (Å²) in [5.74, 6) is 0.0754. The summed E-state index contributed by atoms with van der Waals surface area (Å²) in [6.45, 7) is 3.68. The van der Waals surface area contributed by atoms with Crippen molar-refractivity contribution in [3.8, 4) is 5.75 Å². The maximum absolute atomic E-state index is 12.7. The van der Waals surface area contributed by atoms with Crippen LogP contribution < -0.4 is 14.8 Å². The second-order valence-corrected chi connectivity index (χ2v) is 10.9. The number of amides is 1. The zero-order chi connectivity index (χ0) is 25.5. The second-order valence-electron chi connectivity index (χ2n) is 8.12. The molecule has 0 atom stereocenters. The number of nitrogens with one attached hydrogen (secondary N) is 2. The molecule has 0 aliphatic heterocycles. The topological polar surface area (TPSA) is 84.5 Å². The van der Waals surface area contributed by atoms with Crippen LogP contribution >= 0.6 is 11.8 Å². The maximum atomic E-state index is 12.7. The van der Waals surface area contributed by atoms with Crippen molar-refractivity contribution in [2.75, 3.05) is 16.6 Å². The smallest absolute Gasteiger partial charge is 0.262 e. The van der Waals surface area contributed by atoms with Crippen molar-refractivity contribution in [1.82, 2.24) is 0 Å². The number of ether oxygens (including phenoxy) is 1. The average molecular weight is 519 g/mol. The van der Waals surface area contributed by atoms with Gasteiger partial charge in [-0.3, -0.25) is 9.52 Å². The van der Waals surface area contributed by atoms with Crippen LogP contribution in [0.25, 0.3) is 0 Å². The summed E-state index contributed by atoms with van der Waals surface area (Å²) in [5, 5.41) is 2.88. The van der Waals surface area contributed by atoms with Gasteiger partial charge in [-0.25, -0.2) is 8.42 Å². The van der Waals surface area contributed by atoms with E-state index in [1.165, 1.54) is 24.3 Å². The largest absolute Gasteiger partial charge is 0.484 e. The number of hydrogen-bond donors (Lipinski definition) is 2. The Hall–Kier alpha value is -3.75. The number of anilines is 2. The van der Waals surface area contributed by atoms with Crippen molar-refractivity contribution in [2.45, 2.75) is 28.5 Å². The van der Waals surface area contributed by atoms with Gasteiger partial charge in [0.05, 0.1) is 10.6 Å². The minimum atomic E-state index is -3.75. The standard InChI is InChI=1S/C28H26N2O4S2/c1-20-12-13-22(18-21(20)2)30-36(32,33)25-16-14-23(15-17-25)34-19-28(31)29-26-10-6-7-11-27(26)35-24-8-4-3-5-9-24/h3-18,30H,19H2,1-2H3,(H,29,31). The van der Waals surface area contributed by atoms with Crippen LogP contribution in [0.4, 0.5) is 11.4 Å². The van der Waals surface area contributed by atoms with E-state index in [1.54, 1.807) is 23.9 Å². The van der Waals surface area contributed by atoms with E-state index < -0.39 is 10.0 Å². The highest BCUT2D eigenvalue weighted by atomic mass is 32.2. The van der Waals surface area contributed by atoms with Crippen LogP contribution in [0.2, 0.25) is 0 Å². The molecule has 184 valence electrons. The molecule has 6 nitrogen and oxygen atoms in total. The minimum Gasteiger partial charge on any atom is -0.484 e. The summed E-state index contributed by atoms with van der Waals surface area (Å²) >= 11 is 1.56. The van der Waals surface area contributed by atoms with Crippen molar-refractivity contribution in [3.05, 3.63) is 108 Å². The summed E-state index contributed by atoms with van der Waals surface area (Å²) in [7, 11) is -3.75. The lowest BCUT2D eigenvalue weighted by Gasteiger charge is -2.12. The highest BCUT2D eigenvalue weighted by Crippen LogP contribution is 2.33. The molecule has 0 aliphatic carbocycles. The molecule has 36 heavy (non-hydrogen) atoms. The number of carbonyl (C=O) groups excluding carboxylic acids is 1. The third-order valence-corrected chi connectivity index (χ3v) is 7.88. The fourth-order valence-electron chi connectivity index (χ4n) is 3.34. The van der Waals surface area contributed by atoms with Crippen molar-refractivity contribution < 1.29 is 17.9 Å². The Morgan fingerprint density at radius 3 is 2.25 bits per heavy atom. The van der Waals surface area contributed by atoms with E-state index in [0.29, 0.717) is 17.1 Å². The Labute approximate surface area is 215 Å². The van der Waals surface area contributed by atoms with Gasteiger partial charge in [0.25, 0.3) is 15.9 Å². The molecule has 0 heterocycles. The maximum Gasteiger partial charge on any atom is 0.262 e. The summed E-state index contributed by atoms with van der Waals surface area (Å²) in [5.41, 5.74) is 3.28. The van der Waals surface area contributed by atoms with E-state index in [9.17, 15) is 13.2 Å². The van der Waals surface area contributed by atoms with Crippen molar-refractivity contribution >= 4 is 39.1 Å². The zero-order valence-electron chi connectivity index (χ0n) is 19.9. The summed E-state index contributed by atoms with van der Waals surface area (Å²) < 4.78 is 33.6. The number of carbonyl (C=O) groups is 1. The molecule has 0 bridgehead atoms. The van der Waals surface area contributed by atoms with E-state index in [2.05, 4.69) is 10.0 Å². The first kappa shape index (κ1) is 25.3. The summed E-state index contributed by atoms with van der Waals surface area (Å²) in [4.78, 5) is 14.6. The van der Waals surface area contributed by atoms with Crippen LogP contribution in [-0.4, -0.2) is 20.9 Å². The number of para-hydroxylation sites is 1. The number of hydrogen-bond acceptors (Lipinski definition) is 5. The lowest BCUT2D eigenvalue weighted by atomic mass is 10.1. The van der Waals surface area contributed by atoms with Gasteiger partial charge in [-0.05, 0) is 85.6 Å². The molecule has 4 aromatic carbocycles. The monoisotopic (exact) mass is 518 g/mol. The van der Waals surface area contributed by atoms with Crippen molar-refractivity contribution in [1.29, 1.82) is 0 Å². The van der Waals surface area contributed by atoms with E-state index in [4.69, 9.17) is 4.74 Å². The summed E-state index contributed by atoms with van der Waals surface area (Å²) in [6.07, 6.45) is 0. The molecule has 8 heteroatoms. The molecule has 0 saturated heterocycles. The predicted molar refractivity (Wildman–Crippen MR) is 144 cm³/mol. The lowest BCUT2D eigenvalue weighted by Crippen LogP contribution is -2.20. The van der Waals surface area contributed by atoms with Gasteiger partial charge in [0.15, 0.2) is 6.61 Å². The molecule has 0 spiro atoms. The number of benzene rings is 4. The Kier molecular flexibility index (Phi) is 7.97. The Morgan fingerprint density at radius 2 is 1.53 bits per heavy atom. The molecule has 4 rings (SSSR count). The number of aryl methyl sites for hydroxylation is 2. The fraction of sp³-hybridized carbons (Fsp3) is 0.107. The molecule has 0 unspecified atom stereocenters. The van der Waals surface area contributed by atoms with Crippen LogP contribution in [0, 0.1) is 13.8 Å². The van der Waals surface area contributed by atoms with Gasteiger partial charge in [0.1, 0.15) is 5.75 Å². The quantitative estimate of drug-likeness (QED) is 0.273. The van der Waals surface area contributed by atoms with E-state index in [-0.39, 0.29) is 17.4 Å². The van der Waals surface area contributed by atoms with Gasteiger partial charge in [-0.2, -0.15) is 0 Å². The van der Waals surface area contributed by atoms with Gasteiger partial charge in [0.2, 0.25) is 0 Å². The molecule has 0 fully saturated rings. The van der Waals surface area contributed by atoms with Gasteiger partial charge < -0.3 is 10.1 Å². The number of sulfonamides is 1. The molecule has 0 saturated carbocycles.